The molecule has 14 heteroatoms. The third-order valence-corrected chi connectivity index (χ3v) is 7.72. The van der Waals surface area contributed by atoms with Crippen LogP contribution in [0.25, 0.3) is 4.13 Å². The molecule has 0 atom stereocenters. The lowest BCUT2D eigenvalue weighted by atomic mass is 10.1. The molecule has 0 saturated carbocycles. The fourth-order valence-electron chi connectivity index (χ4n) is 3.16. The van der Waals surface area contributed by atoms with E-state index in [1.54, 1.807) is 0 Å². The van der Waals surface area contributed by atoms with E-state index < -0.39 is 31.1 Å². The van der Waals surface area contributed by atoms with Crippen molar-refractivity contribution >= 4 is 20.0 Å². The van der Waals surface area contributed by atoms with Crippen molar-refractivity contribution in [3.05, 3.63) is 4.13 Å². The Labute approximate surface area is 181 Å². The molecule has 188 valence electrons. The molecular weight excluding hydrogens is 474 g/mol. The third kappa shape index (κ3) is 11.7. The lowest BCUT2D eigenvalue weighted by molar-refractivity contribution is -0.909. The molecule has 1 aliphatic rings. The highest BCUT2D eigenvalue weighted by molar-refractivity contribution is 8.13. The molecule has 1 aliphatic heterocycles. The van der Waals surface area contributed by atoms with Gasteiger partial charge in [-0.2, -0.15) is 26.3 Å². The van der Waals surface area contributed by atoms with E-state index in [2.05, 4.69) is 14.0 Å². The van der Waals surface area contributed by atoms with Crippen molar-refractivity contribution in [3.8, 4) is 0 Å². The highest BCUT2D eigenvalue weighted by atomic mass is 32.3. The van der Waals surface area contributed by atoms with Crippen LogP contribution < -0.4 is 0 Å². The SMILES string of the molecule is CCCCCCCC[N+]1(C)CCCCCC1.O=S(=O)([N-]S(=O)(=O)C(F)(F)F)C(F)(F)F. The molecule has 0 aliphatic carbocycles. The van der Waals surface area contributed by atoms with Gasteiger partial charge in [-0.15, -0.1) is 0 Å². The van der Waals surface area contributed by atoms with E-state index in [4.69, 9.17) is 0 Å². The fourth-order valence-corrected chi connectivity index (χ4v) is 4.87. The van der Waals surface area contributed by atoms with Gasteiger partial charge in [0.2, 0.25) is 0 Å². The topological polar surface area (TPSA) is 82.4 Å². The number of nitrogens with zero attached hydrogens (tertiary/aromatic N) is 2. The van der Waals surface area contributed by atoms with Crippen molar-refractivity contribution in [2.24, 2.45) is 0 Å². The van der Waals surface area contributed by atoms with Crippen LogP contribution in [0.2, 0.25) is 0 Å². The summed E-state index contributed by atoms with van der Waals surface area (Å²) in [6, 6.07) is 0. The van der Waals surface area contributed by atoms with Gasteiger partial charge in [-0.05, 0) is 38.5 Å². The molecule has 0 amide bonds. The van der Waals surface area contributed by atoms with Crippen LogP contribution in [-0.2, 0) is 20.0 Å². The Hall–Kier alpha value is -0.600. The number of unbranched alkanes of at least 4 members (excludes halogenated alkanes) is 5. The largest absolute Gasteiger partial charge is 0.480 e. The van der Waals surface area contributed by atoms with Crippen molar-refractivity contribution in [2.45, 2.75) is 82.1 Å². The number of rotatable bonds is 9. The number of alkyl halides is 6. The first kappa shape index (κ1) is 30.4. The minimum absolute atomic E-state index is 0.778. The Morgan fingerprint density at radius 3 is 1.48 bits per heavy atom. The summed E-state index contributed by atoms with van der Waals surface area (Å²) in [5.41, 5.74) is -12.4. The maximum atomic E-state index is 11.4. The zero-order chi connectivity index (χ0) is 24.4. The molecule has 0 unspecified atom stereocenters. The minimum Gasteiger partial charge on any atom is -0.421 e. The van der Waals surface area contributed by atoms with Gasteiger partial charge in [-0.3, -0.25) is 0 Å². The smallest absolute Gasteiger partial charge is 0.421 e. The average Bonchev–Trinajstić information content (AvgIpc) is 2.81. The number of quaternary nitrogens is 1. The fraction of sp³-hybridized carbons (Fsp3) is 1.00. The number of likely N-dealkylation sites (tertiary alicyclic amines) is 1. The normalized spacial score (nSPS) is 18.1. The van der Waals surface area contributed by atoms with Crippen molar-refractivity contribution in [1.82, 2.24) is 0 Å². The zero-order valence-corrected chi connectivity index (χ0v) is 19.4. The van der Waals surface area contributed by atoms with Gasteiger partial charge in [-0.1, -0.05) is 32.6 Å². The first-order valence-corrected chi connectivity index (χ1v) is 13.1. The monoisotopic (exact) mass is 506 g/mol. The third-order valence-electron chi connectivity index (χ3n) is 4.98. The Kier molecular flexibility index (Phi) is 12.3. The summed E-state index contributed by atoms with van der Waals surface area (Å²) in [4.78, 5) is 0. The summed E-state index contributed by atoms with van der Waals surface area (Å²) in [6.45, 7) is 6.61. The molecule has 1 saturated heterocycles. The second kappa shape index (κ2) is 12.6. The maximum Gasteiger partial charge on any atom is 0.480 e. The van der Waals surface area contributed by atoms with Crippen LogP contribution in [0.3, 0.4) is 0 Å². The molecule has 0 radical (unpaired) electrons. The van der Waals surface area contributed by atoms with E-state index in [0.717, 1.165) is 4.13 Å². The summed E-state index contributed by atoms with van der Waals surface area (Å²) in [5, 5.41) is 0. The van der Waals surface area contributed by atoms with Crippen LogP contribution in [0.1, 0.15) is 71.1 Å². The molecule has 1 fully saturated rings. The zero-order valence-electron chi connectivity index (χ0n) is 17.8. The molecule has 31 heavy (non-hydrogen) atoms. The quantitative estimate of drug-likeness (QED) is 0.237. The first-order chi connectivity index (χ1) is 14.0. The molecule has 0 aromatic rings. The lowest BCUT2D eigenvalue weighted by Gasteiger charge is -2.33. The van der Waals surface area contributed by atoms with Crippen LogP contribution in [0, 0.1) is 0 Å². The summed E-state index contributed by atoms with van der Waals surface area (Å²) >= 11 is 0. The number of hydrogen-bond acceptors (Lipinski definition) is 4. The van der Waals surface area contributed by atoms with E-state index in [1.807, 2.05) is 0 Å². The Morgan fingerprint density at radius 1 is 0.710 bits per heavy atom. The number of sulfonamides is 2. The summed E-state index contributed by atoms with van der Waals surface area (Å²) in [7, 11) is -11.0. The van der Waals surface area contributed by atoms with Gasteiger partial charge in [0, 0.05) is 0 Å². The van der Waals surface area contributed by atoms with Crippen molar-refractivity contribution < 1.29 is 47.7 Å². The lowest BCUT2D eigenvalue weighted by Crippen LogP contribution is -2.45. The molecule has 1 heterocycles. The van der Waals surface area contributed by atoms with Crippen LogP contribution in [0.15, 0.2) is 0 Å². The second-order valence-corrected chi connectivity index (χ2v) is 11.3. The van der Waals surface area contributed by atoms with Crippen LogP contribution in [0.5, 0.6) is 0 Å². The molecule has 1 rings (SSSR count). The summed E-state index contributed by atoms with van der Waals surface area (Å²) < 4.78 is 111. The molecule has 0 N–H and O–H groups in total. The van der Waals surface area contributed by atoms with Crippen molar-refractivity contribution in [3.63, 3.8) is 0 Å². The molecular formula is C17H32F6N2O4S2. The highest BCUT2D eigenvalue weighted by Gasteiger charge is 2.46. The molecule has 0 bridgehead atoms. The summed E-state index contributed by atoms with van der Waals surface area (Å²) in [5.74, 6) is 0. The van der Waals surface area contributed by atoms with E-state index in [1.165, 1.54) is 88.3 Å². The molecule has 0 spiro atoms. The Bertz CT molecular complexity index is 672. The van der Waals surface area contributed by atoms with Crippen molar-refractivity contribution in [2.75, 3.05) is 26.7 Å². The predicted octanol–water partition coefficient (Wildman–Crippen LogP) is 5.43. The van der Waals surface area contributed by atoms with Gasteiger partial charge >= 0.3 is 11.0 Å². The standard InChI is InChI=1S/C15H32N.C2F6NO4S2/c1-3-4-5-6-7-10-13-16(2)14-11-8-9-12-15-16;3-1(4,5)14(10,11)9-15(12,13)2(6,7)8/h3-15H2,1-2H3;/q+1;-1. The minimum atomic E-state index is -6.72. The van der Waals surface area contributed by atoms with Gasteiger partial charge in [-0.25, -0.2) is 16.8 Å². The van der Waals surface area contributed by atoms with Gasteiger partial charge < -0.3 is 8.61 Å². The van der Waals surface area contributed by atoms with E-state index >= 15 is 0 Å². The Balaban J connectivity index is 0.000000582. The molecule has 0 aromatic heterocycles. The van der Waals surface area contributed by atoms with Gasteiger partial charge in [0.1, 0.15) is 0 Å². The van der Waals surface area contributed by atoms with E-state index in [0.29, 0.717) is 0 Å². The van der Waals surface area contributed by atoms with Crippen molar-refractivity contribution in [1.29, 1.82) is 0 Å². The molecule has 0 aromatic carbocycles. The second-order valence-electron chi connectivity index (χ2n) is 7.89. The summed E-state index contributed by atoms with van der Waals surface area (Å²) in [6.07, 6.45) is 14.5. The predicted molar refractivity (Wildman–Crippen MR) is 106 cm³/mol. The molecule has 6 nitrogen and oxygen atoms in total. The highest BCUT2D eigenvalue weighted by Crippen LogP contribution is 2.36. The van der Waals surface area contributed by atoms with Gasteiger partial charge in [0.15, 0.2) is 20.0 Å². The first-order valence-electron chi connectivity index (χ1n) is 10.2. The average molecular weight is 507 g/mol. The van der Waals surface area contributed by atoms with E-state index in [9.17, 15) is 43.2 Å². The van der Waals surface area contributed by atoms with Gasteiger partial charge in [0.25, 0.3) is 0 Å². The number of hydrogen-bond donors (Lipinski definition) is 0. The maximum absolute atomic E-state index is 11.4. The van der Waals surface area contributed by atoms with E-state index in [-0.39, 0.29) is 0 Å². The van der Waals surface area contributed by atoms with Crippen LogP contribution in [-0.4, -0.2) is 59.0 Å². The van der Waals surface area contributed by atoms with Gasteiger partial charge in [0.05, 0.1) is 26.7 Å². The van der Waals surface area contributed by atoms with Crippen LogP contribution in [0.4, 0.5) is 26.3 Å². The van der Waals surface area contributed by atoms with Crippen LogP contribution >= 0.6 is 0 Å². The number of halogens is 6. The Morgan fingerprint density at radius 2 is 1.10 bits per heavy atom.